The van der Waals surface area contributed by atoms with E-state index in [4.69, 9.17) is 9.72 Å². The predicted octanol–water partition coefficient (Wildman–Crippen LogP) is 10.3. The molecule has 6 nitrogen and oxygen atoms in total. The number of hydrogen-bond donors (Lipinski definition) is 0. The van der Waals surface area contributed by atoms with Crippen LogP contribution < -0.4 is 4.74 Å². The van der Waals surface area contributed by atoms with E-state index < -0.39 is 0 Å². The zero-order valence-electron chi connectivity index (χ0n) is 26.9. The summed E-state index contributed by atoms with van der Waals surface area (Å²) in [5.74, 6) is 2.01. The van der Waals surface area contributed by atoms with Gasteiger partial charge in [0.15, 0.2) is 0 Å². The van der Waals surface area contributed by atoms with Crippen LogP contribution >= 0.6 is 0 Å². The fourth-order valence-corrected chi connectivity index (χ4v) is 7.13. The molecule has 0 aliphatic carbocycles. The normalized spacial score (nSPS) is 12.0. The first-order valence-corrected chi connectivity index (χ1v) is 16.1. The molecule has 0 aliphatic heterocycles. The summed E-state index contributed by atoms with van der Waals surface area (Å²) in [6.07, 6.45) is 9.39. The quantitative estimate of drug-likeness (QED) is 0.128. The maximum absolute atomic E-state index is 6.45. The van der Waals surface area contributed by atoms with E-state index in [1.54, 1.807) is 12.4 Å². The van der Waals surface area contributed by atoms with Crippen molar-refractivity contribution < 1.29 is 25.8 Å². The number of pyridine rings is 3. The number of nitrogens with zero attached hydrogens (tertiary/aromatic N) is 5. The number of benzene rings is 4. The molecule has 0 saturated heterocycles. The summed E-state index contributed by atoms with van der Waals surface area (Å²) in [6.45, 7) is 9.09. The molecule has 0 unspecified atom stereocenters. The van der Waals surface area contributed by atoms with Crippen molar-refractivity contribution in [2.75, 3.05) is 0 Å². The number of aromatic nitrogens is 5. The van der Waals surface area contributed by atoms with Crippen LogP contribution in [0.2, 0.25) is 0 Å². The van der Waals surface area contributed by atoms with E-state index in [0.29, 0.717) is 23.3 Å². The zero-order chi connectivity index (χ0) is 31.8. The summed E-state index contributed by atoms with van der Waals surface area (Å²) < 4.78 is 10.6. The van der Waals surface area contributed by atoms with Crippen LogP contribution in [-0.4, -0.2) is 23.8 Å². The molecule has 0 fully saturated rings. The van der Waals surface area contributed by atoms with Gasteiger partial charge in [-0.3, -0.25) is 9.97 Å². The number of imidazole rings is 2. The maximum atomic E-state index is 6.45. The molecule has 0 saturated carbocycles. The molecule has 236 valence electrons. The Hall–Kier alpha value is -5.06. The Morgan fingerprint density at radius 1 is 0.583 bits per heavy atom. The minimum absolute atomic E-state index is 0. The van der Waals surface area contributed by atoms with Crippen LogP contribution in [0.5, 0.6) is 11.5 Å². The van der Waals surface area contributed by atoms with Gasteiger partial charge >= 0.3 is 21.1 Å². The smallest absolute Gasteiger partial charge is 0.497 e. The van der Waals surface area contributed by atoms with Gasteiger partial charge in [0.1, 0.15) is 5.65 Å². The molecule has 9 aromatic rings. The molecule has 5 aromatic heterocycles. The zero-order valence-corrected chi connectivity index (χ0v) is 29.2. The molecule has 0 spiro atoms. The first-order valence-electron chi connectivity index (χ1n) is 16.1. The molecule has 0 amide bonds. The van der Waals surface area contributed by atoms with Crippen molar-refractivity contribution in [1.82, 2.24) is 23.8 Å². The van der Waals surface area contributed by atoms with Crippen molar-refractivity contribution in [1.29, 1.82) is 0 Å². The molecule has 0 bridgehead atoms. The largest absolute Gasteiger partial charge is 2.00 e. The summed E-state index contributed by atoms with van der Waals surface area (Å²) in [5.41, 5.74) is 8.91. The molecule has 0 atom stereocenters. The van der Waals surface area contributed by atoms with Crippen LogP contribution in [0.15, 0.2) is 104 Å². The van der Waals surface area contributed by atoms with Gasteiger partial charge in [-0.15, -0.1) is 12.1 Å². The van der Waals surface area contributed by atoms with Crippen LogP contribution in [0.1, 0.15) is 50.7 Å². The van der Waals surface area contributed by atoms with E-state index >= 15 is 0 Å². The Bertz CT molecular complexity index is 2660. The van der Waals surface area contributed by atoms with Gasteiger partial charge in [0.2, 0.25) is 0 Å². The topological polar surface area (TPSA) is 56.7 Å². The summed E-state index contributed by atoms with van der Waals surface area (Å²) in [7, 11) is 0. The minimum atomic E-state index is 0. The SMILES string of the molecule is CC(C)c1cccc(C(C)C)c1-c1ccc2c(c1)c1ccc(Oc3[c-]c4c(cc3)c3cccnc3n3ccnc43)[c-]c1c1nccn21.[Pt+2]. The van der Waals surface area contributed by atoms with Gasteiger partial charge in [0.25, 0.3) is 0 Å². The Labute approximate surface area is 292 Å². The van der Waals surface area contributed by atoms with Crippen LogP contribution in [0.3, 0.4) is 0 Å². The Kier molecular flexibility index (Phi) is 7.30. The molecular formula is C41H31N5OPt. The molecule has 0 N–H and O–H groups in total. The van der Waals surface area contributed by atoms with Crippen molar-refractivity contribution in [2.45, 2.75) is 39.5 Å². The molecule has 48 heavy (non-hydrogen) atoms. The fraction of sp³-hybridized carbons (Fsp3) is 0.146. The average molecular weight is 805 g/mol. The second-order valence-electron chi connectivity index (χ2n) is 12.8. The summed E-state index contributed by atoms with van der Waals surface area (Å²) >= 11 is 0. The second kappa shape index (κ2) is 11.6. The van der Waals surface area contributed by atoms with Crippen LogP contribution in [-0.2, 0) is 21.1 Å². The van der Waals surface area contributed by atoms with Gasteiger partial charge in [-0.25, -0.2) is 4.98 Å². The van der Waals surface area contributed by atoms with E-state index in [2.05, 4.69) is 109 Å². The summed E-state index contributed by atoms with van der Waals surface area (Å²) in [5, 5.41) is 6.10. The summed E-state index contributed by atoms with van der Waals surface area (Å²) in [4.78, 5) is 14.0. The average Bonchev–Trinajstić information content (AvgIpc) is 3.79. The molecular weight excluding hydrogens is 774 g/mol. The third-order valence-corrected chi connectivity index (χ3v) is 9.30. The number of fused-ring (bicyclic) bond motifs is 12. The molecule has 5 heterocycles. The van der Waals surface area contributed by atoms with Crippen molar-refractivity contribution in [3.63, 3.8) is 0 Å². The Balaban J connectivity index is 0.00000336. The molecule has 4 aromatic carbocycles. The van der Waals surface area contributed by atoms with E-state index in [1.165, 1.54) is 22.3 Å². The molecule has 0 radical (unpaired) electrons. The van der Waals surface area contributed by atoms with Crippen LogP contribution in [0.25, 0.3) is 65.9 Å². The molecule has 0 aliphatic rings. The van der Waals surface area contributed by atoms with Gasteiger partial charge in [-0.2, -0.15) is 0 Å². The monoisotopic (exact) mass is 804 g/mol. The van der Waals surface area contributed by atoms with E-state index in [-0.39, 0.29) is 21.1 Å². The molecule has 7 heteroatoms. The van der Waals surface area contributed by atoms with Crippen LogP contribution in [0, 0.1) is 12.1 Å². The molecule has 9 rings (SSSR count). The fourth-order valence-electron chi connectivity index (χ4n) is 7.13. The first kappa shape index (κ1) is 30.3. The van der Waals surface area contributed by atoms with Crippen molar-refractivity contribution in [3.05, 3.63) is 127 Å². The van der Waals surface area contributed by atoms with Gasteiger partial charge in [0, 0.05) is 48.0 Å². The van der Waals surface area contributed by atoms with Gasteiger partial charge in [0.05, 0.1) is 11.3 Å². The third kappa shape index (κ3) is 4.62. The van der Waals surface area contributed by atoms with Crippen LogP contribution in [0.4, 0.5) is 0 Å². The second-order valence-corrected chi connectivity index (χ2v) is 12.8. The van der Waals surface area contributed by atoms with E-state index in [9.17, 15) is 0 Å². The number of rotatable bonds is 5. The van der Waals surface area contributed by atoms with E-state index in [0.717, 1.165) is 54.8 Å². The van der Waals surface area contributed by atoms with Crippen molar-refractivity contribution in [2.24, 2.45) is 0 Å². The maximum Gasteiger partial charge on any atom is 2.00 e. The standard InChI is InChI=1S/C41H31N5O.Pt/c1-24(2)29-7-5-8-30(25(3)4)38(29)26-10-15-37-34(21-26)32-14-12-28(23-36(32)40-43-17-19-45(37)40)47-27-11-13-31-33-9-6-16-42-39(33)46-20-18-44-41(46)35(31)22-27;/h5-21,24-25H,1-4H3;/q-2;+2. The van der Waals surface area contributed by atoms with Gasteiger partial charge in [-0.05, 0) is 57.0 Å². The third-order valence-electron chi connectivity index (χ3n) is 9.30. The van der Waals surface area contributed by atoms with Crippen molar-refractivity contribution >= 4 is 54.8 Å². The van der Waals surface area contributed by atoms with Gasteiger partial charge in [-0.1, -0.05) is 110 Å². The Morgan fingerprint density at radius 3 is 1.85 bits per heavy atom. The predicted molar refractivity (Wildman–Crippen MR) is 190 cm³/mol. The number of hydrogen-bond acceptors (Lipinski definition) is 4. The Morgan fingerprint density at radius 2 is 1.19 bits per heavy atom. The van der Waals surface area contributed by atoms with E-state index in [1.807, 2.05) is 41.2 Å². The van der Waals surface area contributed by atoms with Crippen molar-refractivity contribution in [3.8, 4) is 22.6 Å². The van der Waals surface area contributed by atoms with Gasteiger partial charge < -0.3 is 13.5 Å². The first-order chi connectivity index (χ1) is 23.0. The number of ether oxygens (including phenoxy) is 1. The summed E-state index contributed by atoms with van der Waals surface area (Å²) in [6, 6.07) is 32.8. The minimum Gasteiger partial charge on any atom is -0.497 e.